The van der Waals surface area contributed by atoms with E-state index in [-0.39, 0.29) is 17.7 Å². The molecule has 0 radical (unpaired) electrons. The van der Waals surface area contributed by atoms with E-state index < -0.39 is 0 Å². The Morgan fingerprint density at radius 2 is 2.00 bits per heavy atom. The highest BCUT2D eigenvalue weighted by molar-refractivity contribution is 5.92. The van der Waals surface area contributed by atoms with Crippen LogP contribution in [0.25, 0.3) is 0 Å². The number of nitrogens with two attached hydrogens (primary N) is 1. The lowest BCUT2D eigenvalue weighted by atomic mass is 10.1. The summed E-state index contributed by atoms with van der Waals surface area (Å²) < 4.78 is 0. The molecule has 1 atom stereocenters. The second-order valence-electron chi connectivity index (χ2n) is 4.63. The number of para-hydroxylation sites is 1. The lowest BCUT2D eigenvalue weighted by Crippen LogP contribution is -2.30. The number of pyridine rings is 1. The summed E-state index contributed by atoms with van der Waals surface area (Å²) in [5.74, 6) is -0.0503. The van der Waals surface area contributed by atoms with Crippen LogP contribution in [-0.2, 0) is 0 Å². The Labute approximate surface area is 117 Å². The van der Waals surface area contributed by atoms with Crippen LogP contribution in [0.3, 0.4) is 0 Å². The van der Waals surface area contributed by atoms with Crippen LogP contribution in [0.15, 0.2) is 42.6 Å². The van der Waals surface area contributed by atoms with Crippen LogP contribution in [0.2, 0.25) is 0 Å². The number of phenols is 1. The SMILES string of the molecule is CC(c1ccccc1O)N(C)C(=O)c1ccc(N)cn1. The van der Waals surface area contributed by atoms with Gasteiger partial charge in [-0.1, -0.05) is 18.2 Å². The van der Waals surface area contributed by atoms with Gasteiger partial charge in [-0.2, -0.15) is 0 Å². The number of rotatable bonds is 3. The van der Waals surface area contributed by atoms with E-state index in [0.717, 1.165) is 0 Å². The van der Waals surface area contributed by atoms with Gasteiger partial charge in [-0.05, 0) is 25.1 Å². The lowest BCUT2D eigenvalue weighted by molar-refractivity contribution is 0.0735. The number of aromatic hydroxyl groups is 1. The summed E-state index contributed by atoms with van der Waals surface area (Å²) in [5, 5.41) is 9.85. The zero-order chi connectivity index (χ0) is 14.7. The highest BCUT2D eigenvalue weighted by Gasteiger charge is 2.21. The summed E-state index contributed by atoms with van der Waals surface area (Å²) in [4.78, 5) is 17.9. The minimum absolute atomic E-state index is 0.171. The average molecular weight is 271 g/mol. The molecule has 0 aliphatic heterocycles. The first-order chi connectivity index (χ1) is 9.50. The van der Waals surface area contributed by atoms with Crippen LogP contribution >= 0.6 is 0 Å². The molecule has 1 amide bonds. The highest BCUT2D eigenvalue weighted by atomic mass is 16.3. The van der Waals surface area contributed by atoms with E-state index in [1.807, 2.05) is 13.0 Å². The third kappa shape index (κ3) is 2.71. The minimum Gasteiger partial charge on any atom is -0.508 e. The van der Waals surface area contributed by atoms with E-state index in [2.05, 4.69) is 4.98 Å². The maximum Gasteiger partial charge on any atom is 0.272 e. The number of nitrogens with zero attached hydrogens (tertiary/aromatic N) is 2. The van der Waals surface area contributed by atoms with Crippen LogP contribution in [0, 0.1) is 0 Å². The number of nitrogen functional groups attached to an aromatic ring is 1. The predicted molar refractivity (Wildman–Crippen MR) is 77.3 cm³/mol. The Morgan fingerprint density at radius 3 is 2.60 bits per heavy atom. The van der Waals surface area contributed by atoms with Gasteiger partial charge in [0.15, 0.2) is 0 Å². The van der Waals surface area contributed by atoms with Crippen LogP contribution in [0.5, 0.6) is 5.75 Å². The van der Waals surface area contributed by atoms with E-state index >= 15 is 0 Å². The van der Waals surface area contributed by atoms with E-state index in [0.29, 0.717) is 16.9 Å². The number of amides is 1. The van der Waals surface area contributed by atoms with Crippen molar-refractivity contribution in [2.75, 3.05) is 12.8 Å². The van der Waals surface area contributed by atoms with E-state index in [1.165, 1.54) is 11.1 Å². The van der Waals surface area contributed by atoms with Crippen molar-refractivity contribution < 1.29 is 9.90 Å². The van der Waals surface area contributed by atoms with Crippen molar-refractivity contribution in [2.24, 2.45) is 0 Å². The number of benzene rings is 1. The van der Waals surface area contributed by atoms with E-state index in [1.54, 1.807) is 37.4 Å². The lowest BCUT2D eigenvalue weighted by Gasteiger charge is -2.25. The van der Waals surface area contributed by atoms with Gasteiger partial charge in [0.1, 0.15) is 11.4 Å². The third-order valence-corrected chi connectivity index (χ3v) is 3.29. The van der Waals surface area contributed by atoms with Crippen LogP contribution in [0.1, 0.15) is 29.0 Å². The number of carbonyl (C=O) groups excluding carboxylic acids is 1. The van der Waals surface area contributed by atoms with Crippen molar-refractivity contribution in [1.29, 1.82) is 0 Å². The molecule has 0 spiro atoms. The van der Waals surface area contributed by atoms with Crippen molar-refractivity contribution >= 4 is 11.6 Å². The van der Waals surface area contributed by atoms with Gasteiger partial charge in [0.2, 0.25) is 0 Å². The summed E-state index contributed by atoms with van der Waals surface area (Å²) in [6.07, 6.45) is 1.45. The summed E-state index contributed by atoms with van der Waals surface area (Å²) in [7, 11) is 1.68. The number of phenolic OH excluding ortho intramolecular Hbond substituents is 1. The molecule has 3 N–H and O–H groups in total. The smallest absolute Gasteiger partial charge is 0.272 e. The zero-order valence-electron chi connectivity index (χ0n) is 11.4. The molecular weight excluding hydrogens is 254 g/mol. The molecule has 0 aliphatic carbocycles. The second kappa shape index (κ2) is 5.61. The molecule has 0 saturated carbocycles. The molecule has 5 nitrogen and oxygen atoms in total. The summed E-state index contributed by atoms with van der Waals surface area (Å²) in [6, 6.07) is 9.93. The van der Waals surface area contributed by atoms with Crippen molar-refractivity contribution in [1.82, 2.24) is 9.88 Å². The average Bonchev–Trinajstić information content (AvgIpc) is 2.46. The van der Waals surface area contributed by atoms with Crippen LogP contribution in [0.4, 0.5) is 5.69 Å². The first-order valence-corrected chi connectivity index (χ1v) is 6.27. The second-order valence-corrected chi connectivity index (χ2v) is 4.63. The first-order valence-electron chi connectivity index (χ1n) is 6.27. The van der Waals surface area contributed by atoms with E-state index in [9.17, 15) is 9.90 Å². The molecule has 1 unspecified atom stereocenters. The molecule has 5 heteroatoms. The number of hydrogen-bond acceptors (Lipinski definition) is 4. The topological polar surface area (TPSA) is 79.5 Å². The molecule has 0 bridgehead atoms. The molecule has 2 aromatic rings. The Hall–Kier alpha value is -2.56. The Morgan fingerprint density at radius 1 is 1.30 bits per heavy atom. The van der Waals surface area contributed by atoms with Gasteiger partial charge >= 0.3 is 0 Å². The summed E-state index contributed by atoms with van der Waals surface area (Å²) in [6.45, 7) is 1.85. The molecular formula is C15H17N3O2. The fourth-order valence-electron chi connectivity index (χ4n) is 1.94. The van der Waals surface area contributed by atoms with Crippen LogP contribution < -0.4 is 5.73 Å². The van der Waals surface area contributed by atoms with Gasteiger partial charge < -0.3 is 15.7 Å². The molecule has 1 heterocycles. The van der Waals surface area contributed by atoms with Gasteiger partial charge in [0, 0.05) is 12.6 Å². The van der Waals surface area contributed by atoms with Gasteiger partial charge in [0.05, 0.1) is 17.9 Å². The molecule has 0 fully saturated rings. The van der Waals surface area contributed by atoms with Crippen LogP contribution in [-0.4, -0.2) is 27.9 Å². The Kier molecular flexibility index (Phi) is 3.89. The number of carbonyl (C=O) groups is 1. The van der Waals surface area contributed by atoms with Gasteiger partial charge in [-0.3, -0.25) is 4.79 Å². The predicted octanol–water partition coefficient (Wildman–Crippen LogP) is 2.20. The number of aromatic nitrogens is 1. The number of hydrogen-bond donors (Lipinski definition) is 2. The van der Waals surface area contributed by atoms with Crippen molar-refractivity contribution in [2.45, 2.75) is 13.0 Å². The molecule has 20 heavy (non-hydrogen) atoms. The standard InChI is InChI=1S/C15H17N3O2/c1-10(12-5-3-4-6-14(12)19)18(2)15(20)13-8-7-11(16)9-17-13/h3-10,19H,16H2,1-2H3. The first kappa shape index (κ1) is 13.9. The molecule has 0 aliphatic rings. The van der Waals surface area contributed by atoms with Crippen molar-refractivity contribution in [3.63, 3.8) is 0 Å². The summed E-state index contributed by atoms with van der Waals surface area (Å²) in [5.41, 5.74) is 7.08. The fourth-order valence-corrected chi connectivity index (χ4v) is 1.94. The van der Waals surface area contributed by atoms with Crippen molar-refractivity contribution in [3.8, 4) is 5.75 Å². The molecule has 104 valence electrons. The Balaban J connectivity index is 2.22. The third-order valence-electron chi connectivity index (χ3n) is 3.29. The normalized spacial score (nSPS) is 11.9. The largest absolute Gasteiger partial charge is 0.508 e. The fraction of sp³-hybridized carbons (Fsp3) is 0.200. The summed E-state index contributed by atoms with van der Waals surface area (Å²) >= 11 is 0. The number of anilines is 1. The zero-order valence-corrected chi connectivity index (χ0v) is 11.4. The molecule has 2 rings (SSSR count). The molecule has 1 aromatic heterocycles. The maximum atomic E-state index is 12.3. The van der Waals surface area contributed by atoms with Gasteiger partial charge in [-0.15, -0.1) is 0 Å². The van der Waals surface area contributed by atoms with Crippen molar-refractivity contribution in [3.05, 3.63) is 53.9 Å². The van der Waals surface area contributed by atoms with Gasteiger partial charge in [-0.25, -0.2) is 4.98 Å². The van der Waals surface area contributed by atoms with E-state index in [4.69, 9.17) is 5.73 Å². The molecule has 0 saturated heterocycles. The highest BCUT2D eigenvalue weighted by Crippen LogP contribution is 2.27. The molecule has 1 aromatic carbocycles. The Bertz CT molecular complexity index is 611. The van der Waals surface area contributed by atoms with Gasteiger partial charge in [0.25, 0.3) is 5.91 Å². The monoisotopic (exact) mass is 271 g/mol. The maximum absolute atomic E-state index is 12.3. The quantitative estimate of drug-likeness (QED) is 0.897. The minimum atomic E-state index is -0.261.